The van der Waals surface area contributed by atoms with Crippen molar-refractivity contribution < 1.29 is 22.2 Å². The summed E-state index contributed by atoms with van der Waals surface area (Å²) in [4.78, 5) is 9.72. The van der Waals surface area contributed by atoms with Gasteiger partial charge in [-0.2, -0.15) is 0 Å². The summed E-state index contributed by atoms with van der Waals surface area (Å²) in [6, 6.07) is 14.8. The molecule has 2 aromatic heterocycles. The minimum atomic E-state index is -3.93. The lowest BCUT2D eigenvalue weighted by Gasteiger charge is -2.02. The Morgan fingerprint density at radius 2 is 1.81 bits per heavy atom. The van der Waals surface area contributed by atoms with Crippen molar-refractivity contribution in [2.75, 3.05) is 5.21 Å². The summed E-state index contributed by atoms with van der Waals surface area (Å²) in [5.41, 5.74) is 0.822. The van der Waals surface area contributed by atoms with E-state index in [4.69, 9.17) is 20.4 Å². The van der Waals surface area contributed by atoms with Crippen LogP contribution in [0.3, 0.4) is 0 Å². The number of benzene rings is 1. The lowest BCUT2D eigenvalue weighted by molar-refractivity contribution is -0.402. The van der Waals surface area contributed by atoms with E-state index in [1.54, 1.807) is 12.1 Å². The lowest BCUT2D eigenvalue weighted by atomic mass is 10.2. The van der Waals surface area contributed by atoms with Gasteiger partial charge in [0.05, 0.1) is 6.07 Å². The molecule has 0 fully saturated rings. The molecule has 26 heavy (non-hydrogen) atoms. The molecule has 0 aliphatic carbocycles. The van der Waals surface area contributed by atoms with Crippen LogP contribution < -0.4 is 0 Å². The molecule has 0 radical (unpaired) electrons. The zero-order chi connectivity index (χ0) is 18.7. The second-order valence-corrected chi connectivity index (χ2v) is 7.74. The average molecular weight is 394 g/mol. The van der Waals surface area contributed by atoms with Gasteiger partial charge in [0, 0.05) is 11.6 Å². The van der Waals surface area contributed by atoms with Crippen molar-refractivity contribution in [2.24, 2.45) is 0 Å². The summed E-state index contributed by atoms with van der Waals surface area (Å²) < 4.78 is 35.2. The number of sulfone groups is 1. The van der Waals surface area contributed by atoms with Gasteiger partial charge in [-0.25, -0.2) is 8.42 Å². The quantitative estimate of drug-likeness (QED) is 0.345. The molecular weight excluding hydrogens is 382 g/mol. The van der Waals surface area contributed by atoms with E-state index in [-0.39, 0.29) is 16.4 Å². The molecule has 0 spiro atoms. The number of alkyl halides is 1. The third-order valence-corrected chi connectivity index (χ3v) is 5.59. The first-order valence-electron chi connectivity index (χ1n) is 7.31. The summed E-state index contributed by atoms with van der Waals surface area (Å²) >= 11 is 5.54. The fraction of sp³-hybridized carbons (Fsp3) is 0.0588. The summed E-state index contributed by atoms with van der Waals surface area (Å²) in [5, 5.41) is 10.1. The minimum absolute atomic E-state index is 0.185. The highest BCUT2D eigenvalue weighted by atomic mass is 35.5. The van der Waals surface area contributed by atoms with Crippen molar-refractivity contribution in [2.45, 2.75) is 0 Å². The molecule has 0 saturated heterocycles. The number of nitrogens with zero attached hydrogens (tertiary/aromatic N) is 1. The van der Waals surface area contributed by atoms with E-state index in [0.717, 1.165) is 11.6 Å². The van der Waals surface area contributed by atoms with Crippen molar-refractivity contribution >= 4 is 38.3 Å². The van der Waals surface area contributed by atoms with Crippen LogP contribution in [0.5, 0.6) is 0 Å². The maximum Gasteiger partial charge on any atom is 0.433 e. The molecule has 0 saturated carbocycles. The molecule has 0 amide bonds. The Morgan fingerprint density at radius 3 is 2.42 bits per heavy atom. The summed E-state index contributed by atoms with van der Waals surface area (Å²) in [6.45, 7) is 0. The predicted octanol–water partition coefficient (Wildman–Crippen LogP) is 4.56. The molecule has 134 valence electrons. The number of rotatable bonds is 6. The molecule has 0 aliphatic rings. The SMILES string of the molecule is O=[N+]([O-])c1ccc(/C(=C\c2ccc(-c3ccccc3)o2)S(=O)(=O)CCl)o1. The summed E-state index contributed by atoms with van der Waals surface area (Å²) in [6.07, 6.45) is 1.23. The highest BCUT2D eigenvalue weighted by Gasteiger charge is 2.25. The first-order chi connectivity index (χ1) is 12.4. The molecule has 0 aliphatic heterocycles. The molecule has 0 unspecified atom stereocenters. The molecule has 0 N–H and O–H groups in total. The van der Waals surface area contributed by atoms with Gasteiger partial charge in [-0.1, -0.05) is 30.3 Å². The third-order valence-electron chi connectivity index (χ3n) is 3.45. The van der Waals surface area contributed by atoms with Crippen molar-refractivity contribution in [1.82, 2.24) is 0 Å². The standard InChI is InChI=1S/C17H12ClNO6S/c18-11-26(22,23)16(15-8-9-17(25-15)19(20)21)10-13-6-7-14(24-13)12-4-2-1-3-5-12/h1-10H,11H2/b16-10+. The van der Waals surface area contributed by atoms with Gasteiger partial charge in [0.25, 0.3) is 0 Å². The minimum Gasteiger partial charge on any atom is -0.457 e. The molecule has 0 bridgehead atoms. The van der Waals surface area contributed by atoms with Crippen LogP contribution in [0.25, 0.3) is 22.3 Å². The van der Waals surface area contributed by atoms with Crippen LogP contribution in [0.1, 0.15) is 11.5 Å². The fourth-order valence-electron chi connectivity index (χ4n) is 2.25. The number of nitro groups is 1. The maximum absolute atomic E-state index is 12.3. The van der Waals surface area contributed by atoms with Gasteiger partial charge in [-0.3, -0.25) is 10.1 Å². The summed E-state index contributed by atoms with van der Waals surface area (Å²) in [5.74, 6) is 0.0339. The summed E-state index contributed by atoms with van der Waals surface area (Å²) in [7, 11) is -3.93. The number of hydrogen-bond acceptors (Lipinski definition) is 6. The highest BCUT2D eigenvalue weighted by Crippen LogP contribution is 2.31. The zero-order valence-corrected chi connectivity index (χ0v) is 14.7. The first kappa shape index (κ1) is 18.0. The Hall–Kier alpha value is -2.84. The first-order valence-corrected chi connectivity index (χ1v) is 9.49. The van der Waals surface area contributed by atoms with Gasteiger partial charge < -0.3 is 8.83 Å². The van der Waals surface area contributed by atoms with Gasteiger partial charge in [0.2, 0.25) is 0 Å². The molecular formula is C17H12ClNO6S. The smallest absolute Gasteiger partial charge is 0.433 e. The lowest BCUT2D eigenvalue weighted by Crippen LogP contribution is -2.03. The fourth-order valence-corrected chi connectivity index (χ4v) is 3.43. The van der Waals surface area contributed by atoms with Crippen LogP contribution in [-0.4, -0.2) is 18.6 Å². The van der Waals surface area contributed by atoms with Crippen molar-refractivity contribution in [3.05, 3.63) is 76.2 Å². The van der Waals surface area contributed by atoms with Crippen LogP contribution >= 0.6 is 11.6 Å². The molecule has 9 heteroatoms. The Morgan fingerprint density at radius 1 is 1.08 bits per heavy atom. The third kappa shape index (κ3) is 3.71. The molecule has 7 nitrogen and oxygen atoms in total. The molecule has 1 aromatic carbocycles. The molecule has 3 rings (SSSR count). The molecule has 0 atom stereocenters. The number of furan rings is 2. The van der Waals surface area contributed by atoms with E-state index in [0.29, 0.717) is 5.76 Å². The predicted molar refractivity (Wildman–Crippen MR) is 97.0 cm³/mol. The topological polar surface area (TPSA) is 104 Å². The van der Waals surface area contributed by atoms with E-state index in [9.17, 15) is 18.5 Å². The second kappa shape index (κ2) is 7.19. The Kier molecular flexibility index (Phi) is 4.97. The number of halogens is 1. The highest BCUT2D eigenvalue weighted by molar-refractivity contribution is 8.01. The normalized spacial score (nSPS) is 12.3. The Labute approximate surface area is 153 Å². The molecule has 3 aromatic rings. The van der Waals surface area contributed by atoms with Crippen molar-refractivity contribution in [3.63, 3.8) is 0 Å². The van der Waals surface area contributed by atoms with Crippen LogP contribution in [0.4, 0.5) is 5.88 Å². The van der Waals surface area contributed by atoms with Gasteiger partial charge in [-0.15, -0.1) is 11.6 Å². The van der Waals surface area contributed by atoms with Gasteiger partial charge in [0.1, 0.15) is 26.6 Å². The zero-order valence-electron chi connectivity index (χ0n) is 13.2. The monoisotopic (exact) mass is 393 g/mol. The van der Waals surface area contributed by atoms with E-state index < -0.39 is 25.9 Å². The molecule has 2 heterocycles. The van der Waals surface area contributed by atoms with E-state index in [1.807, 2.05) is 30.3 Å². The maximum atomic E-state index is 12.3. The van der Waals surface area contributed by atoms with E-state index in [1.165, 1.54) is 12.1 Å². The van der Waals surface area contributed by atoms with E-state index in [2.05, 4.69) is 0 Å². The Bertz CT molecular complexity index is 1070. The Balaban J connectivity index is 2.05. The average Bonchev–Trinajstić information content (AvgIpc) is 3.30. The van der Waals surface area contributed by atoms with Crippen LogP contribution in [0.15, 0.2) is 63.4 Å². The van der Waals surface area contributed by atoms with Crippen LogP contribution in [-0.2, 0) is 9.84 Å². The van der Waals surface area contributed by atoms with E-state index >= 15 is 0 Å². The van der Waals surface area contributed by atoms with Crippen LogP contribution in [0.2, 0.25) is 0 Å². The van der Waals surface area contributed by atoms with Gasteiger partial charge in [-0.05, 0) is 18.2 Å². The van der Waals surface area contributed by atoms with Gasteiger partial charge in [0.15, 0.2) is 15.6 Å². The van der Waals surface area contributed by atoms with Gasteiger partial charge >= 0.3 is 5.88 Å². The number of hydrogen-bond donors (Lipinski definition) is 0. The largest absolute Gasteiger partial charge is 0.457 e. The van der Waals surface area contributed by atoms with Crippen molar-refractivity contribution in [1.29, 1.82) is 0 Å². The van der Waals surface area contributed by atoms with Crippen LogP contribution in [0, 0.1) is 10.1 Å². The van der Waals surface area contributed by atoms with Crippen molar-refractivity contribution in [3.8, 4) is 11.3 Å². The second-order valence-electron chi connectivity index (χ2n) is 5.20.